The molecule has 0 aliphatic rings. The summed E-state index contributed by atoms with van der Waals surface area (Å²) in [7, 11) is 0. The largest absolute Gasteiger partial charge is 0.288 e. The molecule has 0 aliphatic carbocycles. The third-order valence-electron chi connectivity index (χ3n) is 4.95. The van der Waals surface area contributed by atoms with Crippen LogP contribution in [-0.2, 0) is 0 Å². The van der Waals surface area contributed by atoms with Crippen LogP contribution in [-0.4, -0.2) is 21.3 Å². The molecule has 0 aliphatic heterocycles. The van der Waals surface area contributed by atoms with Gasteiger partial charge < -0.3 is 0 Å². The van der Waals surface area contributed by atoms with Crippen molar-refractivity contribution in [2.45, 2.75) is 0 Å². The molecular formula is C25H16N2O2S. The Morgan fingerprint density at radius 2 is 1.53 bits per heavy atom. The minimum Gasteiger partial charge on any atom is -0.288 e. The molecule has 144 valence electrons. The minimum absolute atomic E-state index is 0.160. The van der Waals surface area contributed by atoms with E-state index in [0.717, 1.165) is 16.5 Å². The molecular weight excluding hydrogens is 392 g/mol. The maximum absolute atomic E-state index is 13.4. The number of carbonyl (C=O) groups excluding carboxylic acids is 2. The van der Waals surface area contributed by atoms with Gasteiger partial charge in [0.1, 0.15) is 5.69 Å². The summed E-state index contributed by atoms with van der Waals surface area (Å²) >= 11 is 1.35. The minimum atomic E-state index is -0.268. The van der Waals surface area contributed by atoms with E-state index in [-0.39, 0.29) is 17.3 Å². The Labute approximate surface area is 177 Å². The molecule has 0 saturated carbocycles. The topological polar surface area (TPSA) is 52.0 Å². The van der Waals surface area contributed by atoms with E-state index in [2.05, 4.69) is 5.10 Å². The van der Waals surface area contributed by atoms with Crippen molar-refractivity contribution in [2.75, 3.05) is 0 Å². The summed E-state index contributed by atoms with van der Waals surface area (Å²) in [5.41, 5.74) is 1.76. The van der Waals surface area contributed by atoms with Crippen LogP contribution in [0.15, 0.2) is 96.5 Å². The van der Waals surface area contributed by atoms with Crippen LogP contribution in [0, 0.1) is 0 Å². The lowest BCUT2D eigenvalue weighted by molar-refractivity contribution is 0.100. The first-order valence-electron chi connectivity index (χ1n) is 9.47. The van der Waals surface area contributed by atoms with Crippen LogP contribution in [0.25, 0.3) is 16.5 Å². The number of carbonyl (C=O) groups is 2. The van der Waals surface area contributed by atoms with Crippen molar-refractivity contribution in [2.24, 2.45) is 0 Å². The van der Waals surface area contributed by atoms with Gasteiger partial charge in [0.15, 0.2) is 0 Å². The number of nitrogens with zero attached hydrogens (tertiary/aromatic N) is 2. The van der Waals surface area contributed by atoms with E-state index >= 15 is 0 Å². The fraction of sp³-hybridized carbons (Fsp3) is 0. The lowest BCUT2D eigenvalue weighted by Gasteiger charge is -2.03. The Morgan fingerprint density at radius 3 is 2.30 bits per heavy atom. The summed E-state index contributed by atoms with van der Waals surface area (Å²) in [5.74, 6) is -0.466. The van der Waals surface area contributed by atoms with Crippen LogP contribution >= 0.6 is 11.3 Å². The van der Waals surface area contributed by atoms with Gasteiger partial charge in [-0.05, 0) is 40.4 Å². The number of thiophene rings is 1. The SMILES string of the molecule is O=C(c1cccs1)c1cn(-c2ccccc2)nc1C(=O)c1ccc2ccccc2c1. The molecule has 0 amide bonds. The summed E-state index contributed by atoms with van der Waals surface area (Å²) in [4.78, 5) is 27.1. The van der Waals surface area contributed by atoms with Crippen LogP contribution in [0.3, 0.4) is 0 Å². The number of hydrogen-bond acceptors (Lipinski definition) is 4. The molecule has 5 heteroatoms. The molecule has 2 heterocycles. The van der Waals surface area contributed by atoms with E-state index in [9.17, 15) is 9.59 Å². The molecule has 3 aromatic carbocycles. The van der Waals surface area contributed by atoms with E-state index < -0.39 is 0 Å². The van der Waals surface area contributed by atoms with E-state index in [1.807, 2.05) is 78.2 Å². The van der Waals surface area contributed by atoms with Gasteiger partial charge in [0.2, 0.25) is 11.6 Å². The van der Waals surface area contributed by atoms with Crippen molar-refractivity contribution in [3.8, 4) is 5.69 Å². The second kappa shape index (κ2) is 7.54. The van der Waals surface area contributed by atoms with Crippen molar-refractivity contribution in [3.05, 3.63) is 118 Å². The standard InChI is InChI=1S/C25H16N2O2S/c28-24(19-13-12-17-7-4-5-8-18(17)15-19)23-21(25(29)22-11-6-14-30-22)16-27(26-23)20-9-2-1-3-10-20/h1-16H. The smallest absolute Gasteiger partial charge is 0.214 e. The first-order chi connectivity index (χ1) is 14.7. The van der Waals surface area contributed by atoms with E-state index in [1.54, 1.807) is 23.0 Å². The van der Waals surface area contributed by atoms with E-state index in [4.69, 9.17) is 0 Å². The normalized spacial score (nSPS) is 10.9. The Morgan fingerprint density at radius 1 is 0.767 bits per heavy atom. The maximum atomic E-state index is 13.4. The molecule has 30 heavy (non-hydrogen) atoms. The molecule has 4 nitrogen and oxygen atoms in total. The monoisotopic (exact) mass is 408 g/mol. The number of aromatic nitrogens is 2. The highest BCUT2D eigenvalue weighted by atomic mass is 32.1. The van der Waals surface area contributed by atoms with Crippen molar-refractivity contribution >= 4 is 33.7 Å². The third kappa shape index (κ3) is 3.25. The predicted molar refractivity (Wildman–Crippen MR) is 119 cm³/mol. The average Bonchev–Trinajstić information content (AvgIpc) is 3.49. The fourth-order valence-electron chi connectivity index (χ4n) is 3.43. The van der Waals surface area contributed by atoms with Gasteiger partial charge in [0, 0.05) is 11.8 Å². The summed E-state index contributed by atoms with van der Waals surface area (Å²) in [6.45, 7) is 0. The summed E-state index contributed by atoms with van der Waals surface area (Å²) in [5, 5.41) is 8.39. The number of para-hydroxylation sites is 1. The molecule has 2 aromatic heterocycles. The third-order valence-corrected chi connectivity index (χ3v) is 5.82. The molecule has 0 fully saturated rings. The van der Waals surface area contributed by atoms with E-state index in [0.29, 0.717) is 16.0 Å². The second-order valence-electron chi connectivity index (χ2n) is 6.87. The van der Waals surface area contributed by atoms with Gasteiger partial charge in [-0.1, -0.05) is 60.7 Å². The predicted octanol–water partition coefficient (Wildman–Crippen LogP) is 5.55. The number of hydrogen-bond donors (Lipinski definition) is 0. The molecule has 0 spiro atoms. The quantitative estimate of drug-likeness (QED) is 0.358. The Balaban J connectivity index is 1.64. The first-order valence-corrected chi connectivity index (χ1v) is 10.4. The molecule has 0 atom stereocenters. The molecule has 5 rings (SSSR count). The molecule has 0 bridgehead atoms. The summed E-state index contributed by atoms with van der Waals surface area (Å²) < 4.78 is 1.59. The fourth-order valence-corrected chi connectivity index (χ4v) is 4.11. The Bertz CT molecular complexity index is 1370. The van der Waals surface area contributed by atoms with Gasteiger partial charge in [-0.3, -0.25) is 9.59 Å². The van der Waals surface area contributed by atoms with Crippen LogP contribution in [0.4, 0.5) is 0 Å². The van der Waals surface area contributed by atoms with Crippen molar-refractivity contribution < 1.29 is 9.59 Å². The van der Waals surface area contributed by atoms with Crippen molar-refractivity contribution in [1.82, 2.24) is 9.78 Å². The molecule has 5 aromatic rings. The van der Waals surface area contributed by atoms with Crippen LogP contribution < -0.4 is 0 Å². The number of fused-ring (bicyclic) bond motifs is 1. The second-order valence-corrected chi connectivity index (χ2v) is 7.82. The number of rotatable bonds is 5. The summed E-state index contributed by atoms with van der Waals surface area (Å²) in [6, 6.07) is 26.5. The Hall–Kier alpha value is -3.83. The summed E-state index contributed by atoms with van der Waals surface area (Å²) in [6.07, 6.45) is 1.64. The van der Waals surface area contributed by atoms with Gasteiger partial charge in [-0.15, -0.1) is 11.3 Å². The number of benzene rings is 3. The van der Waals surface area contributed by atoms with Crippen LogP contribution in [0.5, 0.6) is 0 Å². The highest BCUT2D eigenvalue weighted by Gasteiger charge is 2.25. The van der Waals surface area contributed by atoms with Crippen LogP contribution in [0.2, 0.25) is 0 Å². The van der Waals surface area contributed by atoms with Gasteiger partial charge in [0.25, 0.3) is 0 Å². The van der Waals surface area contributed by atoms with Gasteiger partial charge in [-0.25, -0.2) is 4.68 Å². The molecule has 0 radical (unpaired) electrons. The lowest BCUT2D eigenvalue weighted by atomic mass is 10.00. The van der Waals surface area contributed by atoms with E-state index in [1.165, 1.54) is 11.3 Å². The average molecular weight is 408 g/mol. The van der Waals surface area contributed by atoms with Gasteiger partial charge in [0.05, 0.1) is 16.1 Å². The zero-order chi connectivity index (χ0) is 20.5. The highest BCUT2D eigenvalue weighted by molar-refractivity contribution is 7.12. The highest BCUT2D eigenvalue weighted by Crippen LogP contribution is 2.23. The van der Waals surface area contributed by atoms with Crippen molar-refractivity contribution in [1.29, 1.82) is 0 Å². The Kier molecular flexibility index (Phi) is 4.58. The zero-order valence-electron chi connectivity index (χ0n) is 15.9. The van der Waals surface area contributed by atoms with Gasteiger partial charge >= 0.3 is 0 Å². The van der Waals surface area contributed by atoms with Crippen LogP contribution in [0.1, 0.15) is 31.3 Å². The first kappa shape index (κ1) is 18.2. The molecule has 0 unspecified atom stereocenters. The zero-order valence-corrected chi connectivity index (χ0v) is 16.7. The molecule has 0 N–H and O–H groups in total. The number of ketones is 2. The maximum Gasteiger partial charge on any atom is 0.214 e. The van der Waals surface area contributed by atoms with Gasteiger partial charge in [-0.2, -0.15) is 5.10 Å². The molecule has 0 saturated heterocycles. The van der Waals surface area contributed by atoms with Crippen molar-refractivity contribution in [3.63, 3.8) is 0 Å². The lowest BCUT2D eigenvalue weighted by Crippen LogP contribution is -2.09.